The molecule has 0 radical (unpaired) electrons. The molecule has 1 aromatic heterocycles. The van der Waals surface area contributed by atoms with Gasteiger partial charge in [0.25, 0.3) is 0 Å². The normalized spacial score (nSPS) is 11.6. The highest BCUT2D eigenvalue weighted by atomic mass is 32.2. The number of nitrogens with one attached hydrogen (secondary N) is 1. The Labute approximate surface area is 144 Å². The maximum atomic E-state index is 12.0. The Morgan fingerprint density at radius 2 is 1.92 bits per heavy atom. The predicted molar refractivity (Wildman–Crippen MR) is 94.3 cm³/mol. The SMILES string of the molecule is CCCCS(=O)(=O)N(C)CC(=O)NCc1cc(C)nc(N(C)C)n1. The molecule has 0 spiro atoms. The quantitative estimate of drug-likeness (QED) is 0.693. The number of anilines is 1. The number of nitrogens with zero attached hydrogens (tertiary/aromatic N) is 4. The van der Waals surface area contributed by atoms with Gasteiger partial charge in [-0.2, -0.15) is 4.31 Å². The monoisotopic (exact) mass is 357 g/mol. The fourth-order valence-corrected chi connectivity index (χ4v) is 3.21. The van der Waals surface area contributed by atoms with Gasteiger partial charge in [0.1, 0.15) is 0 Å². The molecule has 1 aromatic rings. The molecule has 1 N–H and O–H groups in total. The van der Waals surface area contributed by atoms with Crippen LogP contribution in [0.15, 0.2) is 6.07 Å². The maximum absolute atomic E-state index is 12.0. The molecule has 1 heterocycles. The molecule has 0 aromatic carbocycles. The van der Waals surface area contributed by atoms with E-state index in [2.05, 4.69) is 15.3 Å². The molecule has 0 bridgehead atoms. The van der Waals surface area contributed by atoms with Crippen LogP contribution in [0.4, 0.5) is 5.95 Å². The summed E-state index contributed by atoms with van der Waals surface area (Å²) in [6, 6.07) is 1.79. The standard InChI is InChI=1S/C15H27N5O3S/c1-6-7-8-24(22,23)20(5)11-14(21)16-10-13-9-12(2)17-15(18-13)19(3)4/h9H,6-8,10-11H2,1-5H3,(H,16,21). The first-order chi connectivity index (χ1) is 11.2. The molecule has 0 saturated heterocycles. The summed E-state index contributed by atoms with van der Waals surface area (Å²) in [7, 11) is 1.72. The van der Waals surface area contributed by atoms with E-state index in [0.717, 1.165) is 16.4 Å². The van der Waals surface area contributed by atoms with E-state index in [1.807, 2.05) is 27.9 Å². The van der Waals surface area contributed by atoms with Gasteiger partial charge in [0.15, 0.2) is 0 Å². The number of aromatic nitrogens is 2. The summed E-state index contributed by atoms with van der Waals surface area (Å²) in [6.45, 7) is 3.81. The molecule has 0 atom stereocenters. The second kappa shape index (κ2) is 8.93. The number of carbonyl (C=O) groups excluding carboxylic acids is 1. The Balaban J connectivity index is 2.61. The molecule has 136 valence electrons. The van der Waals surface area contributed by atoms with E-state index in [0.29, 0.717) is 18.1 Å². The zero-order valence-corrected chi connectivity index (χ0v) is 15.9. The van der Waals surface area contributed by atoms with Gasteiger partial charge in [0.05, 0.1) is 24.5 Å². The van der Waals surface area contributed by atoms with E-state index in [-0.39, 0.29) is 24.7 Å². The second-order valence-electron chi connectivity index (χ2n) is 5.90. The topological polar surface area (TPSA) is 95.5 Å². The van der Waals surface area contributed by atoms with Crippen molar-refractivity contribution in [2.45, 2.75) is 33.2 Å². The Bertz CT molecular complexity index is 661. The van der Waals surface area contributed by atoms with Crippen LogP contribution in [0.3, 0.4) is 0 Å². The van der Waals surface area contributed by atoms with E-state index in [4.69, 9.17) is 0 Å². The Hall–Kier alpha value is -1.74. The molecule has 1 rings (SSSR count). The first kappa shape index (κ1) is 20.3. The Morgan fingerprint density at radius 1 is 1.25 bits per heavy atom. The van der Waals surface area contributed by atoms with Crippen LogP contribution in [0.25, 0.3) is 0 Å². The summed E-state index contributed by atoms with van der Waals surface area (Å²) in [6.07, 6.45) is 1.38. The third-order valence-corrected chi connectivity index (χ3v) is 5.24. The number of likely N-dealkylation sites (N-methyl/N-ethyl adjacent to an activating group) is 1. The summed E-state index contributed by atoms with van der Waals surface area (Å²) >= 11 is 0. The van der Waals surface area contributed by atoms with Crippen molar-refractivity contribution < 1.29 is 13.2 Å². The van der Waals surface area contributed by atoms with Gasteiger partial charge in [-0.1, -0.05) is 13.3 Å². The first-order valence-corrected chi connectivity index (χ1v) is 9.49. The van der Waals surface area contributed by atoms with Crippen LogP contribution in [0, 0.1) is 6.92 Å². The van der Waals surface area contributed by atoms with Crippen molar-refractivity contribution in [3.05, 3.63) is 17.5 Å². The zero-order chi connectivity index (χ0) is 18.3. The van der Waals surface area contributed by atoms with E-state index < -0.39 is 10.0 Å². The van der Waals surface area contributed by atoms with Gasteiger partial charge < -0.3 is 10.2 Å². The summed E-state index contributed by atoms with van der Waals surface area (Å²) < 4.78 is 25.1. The fourth-order valence-electron chi connectivity index (χ4n) is 1.94. The van der Waals surface area contributed by atoms with Crippen molar-refractivity contribution in [2.24, 2.45) is 0 Å². The molecule has 9 heteroatoms. The minimum atomic E-state index is -3.38. The summed E-state index contributed by atoms with van der Waals surface area (Å²) in [4.78, 5) is 22.4. The number of sulfonamides is 1. The van der Waals surface area contributed by atoms with Crippen molar-refractivity contribution in [2.75, 3.05) is 38.3 Å². The number of rotatable bonds is 9. The first-order valence-electron chi connectivity index (χ1n) is 7.88. The average Bonchev–Trinajstić information content (AvgIpc) is 2.50. The van der Waals surface area contributed by atoms with E-state index in [1.54, 1.807) is 11.0 Å². The maximum Gasteiger partial charge on any atom is 0.235 e. The van der Waals surface area contributed by atoms with Crippen LogP contribution in [-0.4, -0.2) is 62.0 Å². The minimum Gasteiger partial charge on any atom is -0.349 e. The van der Waals surface area contributed by atoms with Crippen molar-refractivity contribution >= 4 is 21.9 Å². The van der Waals surface area contributed by atoms with Gasteiger partial charge in [0.2, 0.25) is 21.9 Å². The fraction of sp³-hybridized carbons (Fsp3) is 0.667. The van der Waals surface area contributed by atoms with E-state index >= 15 is 0 Å². The molecular formula is C15H27N5O3S. The molecule has 8 nitrogen and oxygen atoms in total. The molecule has 0 saturated carbocycles. The van der Waals surface area contributed by atoms with Gasteiger partial charge >= 0.3 is 0 Å². The Kier molecular flexibility index (Phi) is 7.56. The second-order valence-corrected chi connectivity index (χ2v) is 8.09. The molecule has 24 heavy (non-hydrogen) atoms. The van der Waals surface area contributed by atoms with Gasteiger partial charge in [-0.25, -0.2) is 18.4 Å². The molecule has 0 aliphatic carbocycles. The molecule has 1 amide bonds. The zero-order valence-electron chi connectivity index (χ0n) is 15.0. The number of amides is 1. The third kappa shape index (κ3) is 6.40. The number of unbranched alkanes of at least 4 members (excludes halogenated alkanes) is 1. The molecule has 0 aliphatic heterocycles. The predicted octanol–water partition coefficient (Wildman–Crippen LogP) is 0.529. The summed E-state index contributed by atoms with van der Waals surface area (Å²) in [5.41, 5.74) is 1.48. The number of hydrogen-bond donors (Lipinski definition) is 1. The highest BCUT2D eigenvalue weighted by molar-refractivity contribution is 7.89. The third-order valence-electron chi connectivity index (χ3n) is 3.36. The highest BCUT2D eigenvalue weighted by Crippen LogP contribution is 2.07. The van der Waals surface area contributed by atoms with Crippen molar-refractivity contribution in [1.82, 2.24) is 19.6 Å². The van der Waals surface area contributed by atoms with E-state index in [9.17, 15) is 13.2 Å². The number of carbonyl (C=O) groups is 1. The van der Waals surface area contributed by atoms with Crippen molar-refractivity contribution in [3.63, 3.8) is 0 Å². The van der Waals surface area contributed by atoms with Gasteiger partial charge in [-0.3, -0.25) is 4.79 Å². The molecule has 0 unspecified atom stereocenters. The Morgan fingerprint density at radius 3 is 2.50 bits per heavy atom. The lowest BCUT2D eigenvalue weighted by molar-refractivity contribution is -0.121. The van der Waals surface area contributed by atoms with Crippen molar-refractivity contribution in [3.8, 4) is 0 Å². The summed E-state index contributed by atoms with van der Waals surface area (Å²) in [5, 5.41) is 2.70. The highest BCUT2D eigenvalue weighted by Gasteiger charge is 2.19. The van der Waals surface area contributed by atoms with Crippen LogP contribution in [0.1, 0.15) is 31.2 Å². The van der Waals surface area contributed by atoms with E-state index in [1.165, 1.54) is 7.05 Å². The average molecular weight is 357 g/mol. The van der Waals surface area contributed by atoms with Gasteiger partial charge in [-0.15, -0.1) is 0 Å². The lowest BCUT2D eigenvalue weighted by Gasteiger charge is -2.17. The summed E-state index contributed by atoms with van der Waals surface area (Å²) in [5.74, 6) is 0.267. The van der Waals surface area contributed by atoms with Gasteiger partial charge in [-0.05, 0) is 19.4 Å². The molecular weight excluding hydrogens is 330 g/mol. The number of aryl methyl sites for hydroxylation is 1. The van der Waals surface area contributed by atoms with Gasteiger partial charge in [0, 0.05) is 26.8 Å². The molecule has 0 fully saturated rings. The van der Waals surface area contributed by atoms with Crippen LogP contribution in [0.2, 0.25) is 0 Å². The lowest BCUT2D eigenvalue weighted by atomic mass is 10.3. The van der Waals surface area contributed by atoms with Crippen LogP contribution >= 0.6 is 0 Å². The number of hydrogen-bond acceptors (Lipinski definition) is 6. The molecule has 0 aliphatic rings. The van der Waals surface area contributed by atoms with Crippen molar-refractivity contribution in [1.29, 1.82) is 0 Å². The smallest absolute Gasteiger partial charge is 0.235 e. The van der Waals surface area contributed by atoms with Crippen LogP contribution < -0.4 is 10.2 Å². The van der Waals surface area contributed by atoms with Crippen LogP contribution in [0.5, 0.6) is 0 Å². The lowest BCUT2D eigenvalue weighted by Crippen LogP contribution is -2.39. The largest absolute Gasteiger partial charge is 0.349 e. The van der Waals surface area contributed by atoms with Crippen LogP contribution in [-0.2, 0) is 21.4 Å². The minimum absolute atomic E-state index is 0.0601.